The number of likely N-dealkylation sites (tertiary alicyclic amines) is 1. The number of methoxy groups -OCH3 is 1. The predicted molar refractivity (Wildman–Crippen MR) is 88.9 cm³/mol. The molecule has 7 nitrogen and oxygen atoms in total. The average molecular weight is 336 g/mol. The van der Waals surface area contributed by atoms with Gasteiger partial charge in [0.25, 0.3) is 5.91 Å². The van der Waals surface area contributed by atoms with Crippen LogP contribution in [0, 0.1) is 0 Å². The van der Waals surface area contributed by atoms with E-state index in [-0.39, 0.29) is 11.9 Å². The molecule has 0 unspecified atom stereocenters. The van der Waals surface area contributed by atoms with E-state index in [2.05, 4.69) is 15.1 Å². The second kappa shape index (κ2) is 6.35. The van der Waals surface area contributed by atoms with Crippen molar-refractivity contribution in [2.45, 2.75) is 12.5 Å². The Morgan fingerprint density at radius 2 is 2.16 bits per heavy atom. The summed E-state index contributed by atoms with van der Waals surface area (Å²) in [6.45, 7) is 0.645. The Bertz CT molecular complexity index is 894. The normalized spacial score (nSPS) is 16.4. The summed E-state index contributed by atoms with van der Waals surface area (Å²) in [5, 5.41) is 4.00. The van der Waals surface area contributed by atoms with Crippen LogP contribution in [0.25, 0.3) is 11.4 Å². The molecular weight excluding hydrogens is 320 g/mol. The lowest BCUT2D eigenvalue weighted by molar-refractivity contribution is 0.0375. The summed E-state index contributed by atoms with van der Waals surface area (Å²) >= 11 is 0. The molecule has 7 heteroatoms. The van der Waals surface area contributed by atoms with Gasteiger partial charge in [0, 0.05) is 24.5 Å². The zero-order valence-corrected chi connectivity index (χ0v) is 13.6. The van der Waals surface area contributed by atoms with Gasteiger partial charge < -0.3 is 14.2 Å². The van der Waals surface area contributed by atoms with Gasteiger partial charge >= 0.3 is 0 Å². The molecular formula is C18H16N4O3. The van der Waals surface area contributed by atoms with E-state index >= 15 is 0 Å². The van der Waals surface area contributed by atoms with Gasteiger partial charge in [0.15, 0.2) is 0 Å². The maximum atomic E-state index is 12.8. The molecule has 0 spiro atoms. The molecule has 3 heterocycles. The number of carbonyl (C=O) groups excluding carboxylic acids is 1. The molecule has 126 valence electrons. The van der Waals surface area contributed by atoms with Crippen molar-refractivity contribution in [3.05, 3.63) is 60.2 Å². The van der Waals surface area contributed by atoms with E-state index in [1.54, 1.807) is 36.5 Å². The van der Waals surface area contributed by atoms with Crippen LogP contribution in [0.1, 0.15) is 28.7 Å². The largest absolute Gasteiger partial charge is 0.496 e. The summed E-state index contributed by atoms with van der Waals surface area (Å²) in [7, 11) is 1.55. The second-order valence-electron chi connectivity index (χ2n) is 5.70. The fourth-order valence-electron chi connectivity index (χ4n) is 2.85. The first-order valence-electron chi connectivity index (χ1n) is 7.96. The van der Waals surface area contributed by atoms with Gasteiger partial charge in [-0.05, 0) is 30.7 Å². The topological polar surface area (TPSA) is 81.4 Å². The molecule has 1 atom stereocenters. The third kappa shape index (κ3) is 2.73. The van der Waals surface area contributed by atoms with Crippen LogP contribution >= 0.6 is 0 Å². The number of para-hydroxylation sites is 1. The van der Waals surface area contributed by atoms with Crippen LogP contribution in [0.3, 0.4) is 0 Å². The van der Waals surface area contributed by atoms with Crippen LogP contribution in [0.4, 0.5) is 0 Å². The molecule has 0 saturated carbocycles. The van der Waals surface area contributed by atoms with Gasteiger partial charge in [0.2, 0.25) is 11.7 Å². The number of benzene rings is 1. The molecule has 1 aromatic carbocycles. The number of ether oxygens (including phenoxy) is 1. The van der Waals surface area contributed by atoms with Crippen molar-refractivity contribution in [2.75, 3.05) is 13.7 Å². The standard InChI is InChI=1S/C18H16N4O3/c1-24-15-7-3-2-6-13(15)18(23)22-10-8-14(22)17-20-16(21-25-17)12-5-4-9-19-11-12/h2-7,9,11,14H,8,10H2,1H3/t14-/m0/s1. The van der Waals surface area contributed by atoms with Crippen LogP contribution < -0.4 is 4.74 Å². The van der Waals surface area contributed by atoms with E-state index in [1.165, 1.54) is 0 Å². The van der Waals surface area contributed by atoms with E-state index in [0.717, 1.165) is 12.0 Å². The van der Waals surface area contributed by atoms with Crippen molar-refractivity contribution in [3.8, 4) is 17.1 Å². The lowest BCUT2D eigenvalue weighted by atomic mass is 10.0. The maximum Gasteiger partial charge on any atom is 0.258 e. The molecule has 1 aliphatic rings. The summed E-state index contributed by atoms with van der Waals surface area (Å²) in [4.78, 5) is 23.0. The highest BCUT2D eigenvalue weighted by Gasteiger charge is 2.38. The number of hydrogen-bond donors (Lipinski definition) is 0. The van der Waals surface area contributed by atoms with Gasteiger partial charge in [-0.15, -0.1) is 0 Å². The highest BCUT2D eigenvalue weighted by atomic mass is 16.5. The van der Waals surface area contributed by atoms with E-state index < -0.39 is 0 Å². The number of carbonyl (C=O) groups is 1. The summed E-state index contributed by atoms with van der Waals surface area (Å²) in [5.74, 6) is 1.36. The van der Waals surface area contributed by atoms with E-state index in [1.807, 2.05) is 24.3 Å². The number of aromatic nitrogens is 3. The molecule has 2 aromatic heterocycles. The first-order chi connectivity index (χ1) is 12.3. The summed E-state index contributed by atoms with van der Waals surface area (Å²) in [5.41, 5.74) is 1.31. The molecule has 0 bridgehead atoms. The second-order valence-corrected chi connectivity index (χ2v) is 5.70. The molecule has 4 rings (SSSR count). The fourth-order valence-corrected chi connectivity index (χ4v) is 2.85. The van der Waals surface area contributed by atoms with Crippen molar-refractivity contribution >= 4 is 5.91 Å². The quantitative estimate of drug-likeness (QED) is 0.729. The molecule has 0 radical (unpaired) electrons. The van der Waals surface area contributed by atoms with Crippen molar-refractivity contribution < 1.29 is 14.1 Å². The zero-order chi connectivity index (χ0) is 17.2. The minimum atomic E-state index is -0.213. The third-order valence-electron chi connectivity index (χ3n) is 4.26. The molecule has 1 amide bonds. The molecule has 1 aliphatic heterocycles. The van der Waals surface area contributed by atoms with Crippen LogP contribution in [0.2, 0.25) is 0 Å². The lowest BCUT2D eigenvalue weighted by Crippen LogP contribution is -2.45. The Balaban J connectivity index is 1.57. The van der Waals surface area contributed by atoms with Crippen molar-refractivity contribution in [1.29, 1.82) is 0 Å². The van der Waals surface area contributed by atoms with E-state index in [9.17, 15) is 4.79 Å². The van der Waals surface area contributed by atoms with Gasteiger partial charge in [-0.25, -0.2) is 0 Å². The van der Waals surface area contributed by atoms with Gasteiger partial charge in [-0.2, -0.15) is 4.98 Å². The molecule has 0 aliphatic carbocycles. The number of hydrogen-bond acceptors (Lipinski definition) is 6. The Morgan fingerprint density at radius 1 is 1.28 bits per heavy atom. The minimum absolute atomic E-state index is 0.102. The van der Waals surface area contributed by atoms with Crippen LogP contribution in [0.5, 0.6) is 5.75 Å². The van der Waals surface area contributed by atoms with Crippen molar-refractivity contribution in [3.63, 3.8) is 0 Å². The number of amides is 1. The van der Waals surface area contributed by atoms with Crippen LogP contribution in [-0.2, 0) is 0 Å². The molecule has 1 saturated heterocycles. The summed E-state index contributed by atoms with van der Waals surface area (Å²) < 4.78 is 10.7. The van der Waals surface area contributed by atoms with Gasteiger partial charge in [0.05, 0.1) is 12.7 Å². The third-order valence-corrected chi connectivity index (χ3v) is 4.26. The van der Waals surface area contributed by atoms with Crippen LogP contribution in [-0.4, -0.2) is 39.6 Å². The Hall–Kier alpha value is -3.22. The van der Waals surface area contributed by atoms with E-state index in [0.29, 0.717) is 29.6 Å². The Morgan fingerprint density at radius 3 is 2.88 bits per heavy atom. The molecule has 3 aromatic rings. The average Bonchev–Trinajstić information content (AvgIpc) is 3.10. The summed E-state index contributed by atoms with van der Waals surface area (Å²) in [6, 6.07) is 10.6. The highest BCUT2D eigenvalue weighted by molar-refractivity contribution is 5.97. The number of nitrogens with zero attached hydrogens (tertiary/aromatic N) is 4. The molecule has 0 N–H and O–H groups in total. The first-order valence-corrected chi connectivity index (χ1v) is 7.96. The maximum absolute atomic E-state index is 12.8. The van der Waals surface area contributed by atoms with Gasteiger partial charge in [-0.1, -0.05) is 17.3 Å². The van der Waals surface area contributed by atoms with Crippen LogP contribution in [0.15, 0.2) is 53.3 Å². The van der Waals surface area contributed by atoms with E-state index in [4.69, 9.17) is 9.26 Å². The molecule has 1 fully saturated rings. The highest BCUT2D eigenvalue weighted by Crippen LogP contribution is 2.35. The smallest absolute Gasteiger partial charge is 0.258 e. The number of pyridine rings is 1. The van der Waals surface area contributed by atoms with Crippen molar-refractivity contribution in [2.24, 2.45) is 0 Å². The van der Waals surface area contributed by atoms with Gasteiger partial charge in [0.1, 0.15) is 11.8 Å². The first kappa shape index (κ1) is 15.3. The SMILES string of the molecule is COc1ccccc1C(=O)N1CC[C@H]1c1nc(-c2cccnc2)no1. The number of rotatable bonds is 4. The van der Waals surface area contributed by atoms with Crippen molar-refractivity contribution in [1.82, 2.24) is 20.0 Å². The zero-order valence-electron chi connectivity index (χ0n) is 13.6. The molecule has 25 heavy (non-hydrogen) atoms. The lowest BCUT2D eigenvalue weighted by Gasteiger charge is -2.38. The predicted octanol–water partition coefficient (Wildman–Crippen LogP) is 2.73. The van der Waals surface area contributed by atoms with Gasteiger partial charge in [-0.3, -0.25) is 9.78 Å². The minimum Gasteiger partial charge on any atom is -0.496 e. The monoisotopic (exact) mass is 336 g/mol. The Kier molecular flexibility index (Phi) is 3.89. The fraction of sp³-hybridized carbons (Fsp3) is 0.222. The summed E-state index contributed by atoms with van der Waals surface area (Å²) in [6.07, 6.45) is 4.15. The Labute approximate surface area is 144 Å².